The Balaban J connectivity index is 1.88. The number of ketones is 1. The summed E-state index contributed by atoms with van der Waals surface area (Å²) in [5.41, 5.74) is 0.356. The first-order valence-electron chi connectivity index (χ1n) is 8.22. The predicted molar refractivity (Wildman–Crippen MR) is 92.9 cm³/mol. The Bertz CT molecular complexity index is 944. The molecule has 1 aliphatic carbocycles. The number of hydrogen-bond acceptors (Lipinski definition) is 6. The molecule has 0 atom stereocenters. The molecule has 0 unspecified atom stereocenters. The van der Waals surface area contributed by atoms with E-state index in [-0.39, 0.29) is 23.6 Å². The van der Waals surface area contributed by atoms with Crippen LogP contribution >= 0.6 is 11.6 Å². The zero-order valence-corrected chi connectivity index (χ0v) is 14.9. The quantitative estimate of drug-likeness (QED) is 0.740. The van der Waals surface area contributed by atoms with E-state index in [4.69, 9.17) is 16.3 Å². The Morgan fingerprint density at radius 2 is 2.00 bits per heavy atom. The van der Waals surface area contributed by atoms with Gasteiger partial charge in [-0.3, -0.25) is 4.79 Å². The molecule has 8 nitrogen and oxygen atoms in total. The first-order valence-corrected chi connectivity index (χ1v) is 8.60. The summed E-state index contributed by atoms with van der Waals surface area (Å²) in [6, 6.07) is 4.67. The lowest BCUT2D eigenvalue weighted by Gasteiger charge is -2.14. The van der Waals surface area contributed by atoms with Crippen LogP contribution in [0.2, 0.25) is 5.02 Å². The topological polar surface area (TPSA) is 96.1 Å². The zero-order chi connectivity index (χ0) is 18.7. The van der Waals surface area contributed by atoms with Crippen molar-refractivity contribution in [3.8, 4) is 0 Å². The fourth-order valence-corrected chi connectivity index (χ4v) is 2.87. The maximum atomic E-state index is 12.5. The van der Waals surface area contributed by atoms with Crippen LogP contribution in [0.15, 0.2) is 34.8 Å². The average molecular weight is 377 g/mol. The zero-order valence-electron chi connectivity index (χ0n) is 14.1. The average Bonchev–Trinajstić information content (AvgIpc) is 2.95. The SMILES string of the molecule is CCn1nnn(Cc2cc(Cl)ccc2C(=O)OC2=CC(=O)CCC2)c1=O. The Labute approximate surface area is 154 Å². The van der Waals surface area contributed by atoms with E-state index >= 15 is 0 Å². The molecule has 0 N–H and O–H groups in total. The van der Waals surface area contributed by atoms with Crippen molar-refractivity contribution in [2.45, 2.75) is 39.3 Å². The summed E-state index contributed by atoms with van der Waals surface area (Å²) < 4.78 is 7.71. The second-order valence-electron chi connectivity index (χ2n) is 5.86. The van der Waals surface area contributed by atoms with Crippen LogP contribution in [0, 0.1) is 0 Å². The van der Waals surface area contributed by atoms with Gasteiger partial charge in [-0.05, 0) is 47.5 Å². The van der Waals surface area contributed by atoms with Crippen LogP contribution in [0.25, 0.3) is 0 Å². The molecule has 0 saturated carbocycles. The van der Waals surface area contributed by atoms with Gasteiger partial charge in [0, 0.05) is 30.5 Å². The van der Waals surface area contributed by atoms with Crippen LogP contribution in [-0.4, -0.2) is 31.5 Å². The van der Waals surface area contributed by atoms with Gasteiger partial charge in [0.2, 0.25) is 0 Å². The van der Waals surface area contributed by atoms with Gasteiger partial charge in [-0.25, -0.2) is 9.59 Å². The molecule has 0 bridgehead atoms. The highest BCUT2D eigenvalue weighted by Crippen LogP contribution is 2.22. The Kier molecular flexibility index (Phi) is 5.32. The molecule has 26 heavy (non-hydrogen) atoms. The van der Waals surface area contributed by atoms with Gasteiger partial charge in [0.1, 0.15) is 5.76 Å². The molecule has 0 saturated heterocycles. The van der Waals surface area contributed by atoms with Gasteiger partial charge in [-0.1, -0.05) is 11.6 Å². The first-order chi connectivity index (χ1) is 12.5. The molecule has 1 aliphatic rings. The smallest absolute Gasteiger partial charge is 0.363 e. The third-order valence-corrected chi connectivity index (χ3v) is 4.23. The first kappa shape index (κ1) is 18.1. The van der Waals surface area contributed by atoms with Crippen molar-refractivity contribution in [2.24, 2.45) is 0 Å². The summed E-state index contributed by atoms with van der Waals surface area (Å²) in [6.07, 6.45) is 3.00. The van der Waals surface area contributed by atoms with E-state index in [0.717, 1.165) is 4.68 Å². The lowest BCUT2D eigenvalue weighted by molar-refractivity contribution is -0.115. The van der Waals surface area contributed by atoms with Gasteiger partial charge < -0.3 is 4.74 Å². The molecule has 1 heterocycles. The molecule has 0 amide bonds. The van der Waals surface area contributed by atoms with E-state index in [1.807, 2.05) is 0 Å². The summed E-state index contributed by atoms with van der Waals surface area (Å²) in [5.74, 6) is -0.312. The lowest BCUT2D eigenvalue weighted by atomic mass is 10.0. The highest BCUT2D eigenvalue weighted by atomic mass is 35.5. The fraction of sp³-hybridized carbons (Fsp3) is 0.353. The number of esters is 1. The monoisotopic (exact) mass is 376 g/mol. The van der Waals surface area contributed by atoms with E-state index in [0.29, 0.717) is 42.2 Å². The molecule has 0 aliphatic heterocycles. The molecule has 0 radical (unpaired) electrons. The molecule has 0 fully saturated rings. The Hall–Kier alpha value is -2.74. The van der Waals surface area contributed by atoms with Crippen molar-refractivity contribution in [2.75, 3.05) is 0 Å². The number of benzene rings is 1. The summed E-state index contributed by atoms with van der Waals surface area (Å²) in [7, 11) is 0. The van der Waals surface area contributed by atoms with Gasteiger partial charge in [0.05, 0.1) is 12.1 Å². The number of aromatic nitrogens is 4. The van der Waals surface area contributed by atoms with Gasteiger partial charge >= 0.3 is 11.7 Å². The second-order valence-corrected chi connectivity index (χ2v) is 6.29. The summed E-state index contributed by atoms with van der Waals surface area (Å²) in [5, 5.41) is 7.97. The molecule has 9 heteroatoms. The maximum absolute atomic E-state index is 12.5. The third kappa shape index (κ3) is 3.91. The number of hydrogen-bond donors (Lipinski definition) is 0. The van der Waals surface area contributed by atoms with Crippen LogP contribution in [0.1, 0.15) is 42.1 Å². The van der Waals surface area contributed by atoms with Crippen LogP contribution < -0.4 is 5.69 Å². The van der Waals surface area contributed by atoms with Crippen molar-refractivity contribution in [3.63, 3.8) is 0 Å². The highest BCUT2D eigenvalue weighted by Gasteiger charge is 2.19. The summed E-state index contributed by atoms with van der Waals surface area (Å²) in [6.45, 7) is 2.20. The molecule has 1 aromatic heterocycles. The minimum atomic E-state index is -0.603. The van der Waals surface area contributed by atoms with Crippen LogP contribution in [0.5, 0.6) is 0 Å². The van der Waals surface area contributed by atoms with Gasteiger partial charge in [-0.15, -0.1) is 0 Å². The molecule has 136 valence electrons. The Morgan fingerprint density at radius 1 is 1.23 bits per heavy atom. The van der Waals surface area contributed by atoms with E-state index < -0.39 is 5.97 Å². The number of halogens is 1. The number of ether oxygens (including phenoxy) is 1. The van der Waals surface area contributed by atoms with E-state index in [1.54, 1.807) is 19.1 Å². The number of tetrazole rings is 1. The van der Waals surface area contributed by atoms with Crippen LogP contribution in [0.4, 0.5) is 0 Å². The number of carbonyl (C=O) groups excluding carboxylic acids is 2. The number of rotatable bonds is 5. The minimum Gasteiger partial charge on any atom is -0.427 e. The van der Waals surface area contributed by atoms with Crippen molar-refractivity contribution >= 4 is 23.4 Å². The molecule has 3 rings (SSSR count). The highest BCUT2D eigenvalue weighted by molar-refractivity contribution is 6.30. The molecule has 0 spiro atoms. The largest absolute Gasteiger partial charge is 0.427 e. The lowest BCUT2D eigenvalue weighted by Crippen LogP contribution is -2.26. The molecule has 1 aromatic carbocycles. The second kappa shape index (κ2) is 7.65. The number of aryl methyl sites for hydroxylation is 1. The molecular formula is C17H17ClN4O4. The number of nitrogens with zero attached hydrogens (tertiary/aromatic N) is 4. The van der Waals surface area contributed by atoms with Crippen molar-refractivity contribution in [1.29, 1.82) is 0 Å². The van der Waals surface area contributed by atoms with E-state index in [2.05, 4.69) is 10.4 Å². The molecule has 2 aromatic rings. The molecular weight excluding hydrogens is 360 g/mol. The van der Waals surface area contributed by atoms with E-state index in [1.165, 1.54) is 16.8 Å². The number of carbonyl (C=O) groups is 2. The summed E-state index contributed by atoms with van der Waals surface area (Å²) >= 11 is 6.03. The predicted octanol–water partition coefficient (Wildman–Crippen LogP) is 1.96. The maximum Gasteiger partial charge on any atom is 0.363 e. The van der Waals surface area contributed by atoms with Crippen molar-refractivity contribution in [1.82, 2.24) is 19.8 Å². The van der Waals surface area contributed by atoms with Crippen molar-refractivity contribution in [3.05, 3.63) is 56.7 Å². The van der Waals surface area contributed by atoms with Crippen LogP contribution in [0.3, 0.4) is 0 Å². The van der Waals surface area contributed by atoms with Gasteiger partial charge in [0.15, 0.2) is 5.78 Å². The van der Waals surface area contributed by atoms with Crippen LogP contribution in [-0.2, 0) is 22.6 Å². The third-order valence-electron chi connectivity index (χ3n) is 4.00. The standard InChI is InChI=1S/C17H17ClN4O4/c1-2-21-17(25)22(20-19-21)10-11-8-12(18)6-7-15(11)16(24)26-14-5-3-4-13(23)9-14/h6-9H,2-5,10H2,1H3. The van der Waals surface area contributed by atoms with Crippen molar-refractivity contribution < 1.29 is 14.3 Å². The summed E-state index contributed by atoms with van der Waals surface area (Å²) in [4.78, 5) is 36.1. The minimum absolute atomic E-state index is 0.0296. The van der Waals surface area contributed by atoms with Gasteiger partial charge in [0.25, 0.3) is 0 Å². The van der Waals surface area contributed by atoms with E-state index in [9.17, 15) is 14.4 Å². The van der Waals surface area contributed by atoms with Gasteiger partial charge in [-0.2, -0.15) is 9.36 Å². The number of allylic oxidation sites excluding steroid dienone is 2. The fourth-order valence-electron chi connectivity index (χ4n) is 2.67. The normalized spacial score (nSPS) is 14.2. The Morgan fingerprint density at radius 3 is 2.69 bits per heavy atom.